The normalized spacial score (nSPS) is 21.5. The number of H-pyrrole nitrogens is 1. The van der Waals surface area contributed by atoms with Gasteiger partial charge < -0.3 is 19.4 Å². The van der Waals surface area contributed by atoms with Gasteiger partial charge in [-0.15, -0.1) is 0 Å². The quantitative estimate of drug-likeness (QED) is 0.402. The van der Waals surface area contributed by atoms with Gasteiger partial charge in [-0.1, -0.05) is 12.1 Å². The largest absolute Gasteiger partial charge is 0.495 e. The Hall–Kier alpha value is -2.99. The van der Waals surface area contributed by atoms with E-state index in [1.807, 2.05) is 41.1 Å². The van der Waals surface area contributed by atoms with E-state index in [2.05, 4.69) is 15.0 Å². The van der Waals surface area contributed by atoms with E-state index in [1.165, 1.54) is 6.33 Å². The average Bonchev–Trinajstić information content (AvgIpc) is 3.47. The third-order valence-electron chi connectivity index (χ3n) is 6.07. The van der Waals surface area contributed by atoms with Crippen molar-refractivity contribution in [2.75, 3.05) is 13.7 Å². The molecule has 1 aromatic carbocycles. The molecule has 0 unspecified atom stereocenters. The summed E-state index contributed by atoms with van der Waals surface area (Å²) in [5.74, 6) is 0.419. The highest BCUT2D eigenvalue weighted by molar-refractivity contribution is 7.84. The number of nitrogens with two attached hydrogens (primary N) is 1. The van der Waals surface area contributed by atoms with Crippen molar-refractivity contribution < 1.29 is 22.4 Å². The number of aromatic nitrogens is 4. The van der Waals surface area contributed by atoms with Crippen LogP contribution in [0.4, 0.5) is 0 Å². The van der Waals surface area contributed by atoms with E-state index in [-0.39, 0.29) is 18.6 Å². The van der Waals surface area contributed by atoms with Crippen LogP contribution in [0.1, 0.15) is 18.9 Å². The van der Waals surface area contributed by atoms with Crippen molar-refractivity contribution in [3.8, 4) is 17.1 Å². The van der Waals surface area contributed by atoms with Crippen molar-refractivity contribution in [3.63, 3.8) is 0 Å². The fraction of sp³-hybridized carbons (Fsp3) is 0.333. The SMILES string of the molecule is COc1cccc2cc(-c3ncnc4c3ccn4[C@@H]3C[C@@H](COS(N)(=O)=O)[C@@H](O)C3)[nH]c12. The minimum Gasteiger partial charge on any atom is -0.495 e. The third-order valence-corrected chi connectivity index (χ3v) is 6.54. The van der Waals surface area contributed by atoms with Gasteiger partial charge in [-0.05, 0) is 31.0 Å². The highest BCUT2D eigenvalue weighted by atomic mass is 32.2. The van der Waals surface area contributed by atoms with Gasteiger partial charge in [0.05, 0.1) is 36.7 Å². The second kappa shape index (κ2) is 7.85. The van der Waals surface area contributed by atoms with Gasteiger partial charge in [0.1, 0.15) is 17.7 Å². The van der Waals surface area contributed by atoms with Crippen molar-refractivity contribution in [2.24, 2.45) is 11.1 Å². The number of fused-ring (bicyclic) bond motifs is 2. The minimum atomic E-state index is -4.04. The summed E-state index contributed by atoms with van der Waals surface area (Å²) in [6.45, 7) is -0.146. The molecule has 168 valence electrons. The lowest BCUT2D eigenvalue weighted by atomic mass is 10.1. The maximum absolute atomic E-state index is 11.1. The summed E-state index contributed by atoms with van der Waals surface area (Å²) in [5, 5.41) is 17.2. The number of para-hydroxylation sites is 1. The Bertz CT molecular complexity index is 1400. The highest BCUT2D eigenvalue weighted by Gasteiger charge is 2.35. The summed E-state index contributed by atoms with van der Waals surface area (Å²) in [5.41, 5.74) is 3.25. The second-order valence-electron chi connectivity index (χ2n) is 8.02. The van der Waals surface area contributed by atoms with Gasteiger partial charge in [0, 0.05) is 28.9 Å². The predicted molar refractivity (Wildman–Crippen MR) is 118 cm³/mol. The summed E-state index contributed by atoms with van der Waals surface area (Å²) in [7, 11) is -2.41. The van der Waals surface area contributed by atoms with Crippen LogP contribution in [0.15, 0.2) is 42.9 Å². The van der Waals surface area contributed by atoms with Crippen molar-refractivity contribution in [1.29, 1.82) is 0 Å². The first-order valence-electron chi connectivity index (χ1n) is 10.2. The first-order chi connectivity index (χ1) is 15.3. The molecule has 0 saturated heterocycles. The van der Waals surface area contributed by atoms with Crippen LogP contribution in [0.25, 0.3) is 33.3 Å². The van der Waals surface area contributed by atoms with Gasteiger partial charge in [0.15, 0.2) is 0 Å². The van der Waals surface area contributed by atoms with Gasteiger partial charge in [0.25, 0.3) is 0 Å². The van der Waals surface area contributed by atoms with Crippen LogP contribution < -0.4 is 9.88 Å². The molecule has 3 aromatic heterocycles. The van der Waals surface area contributed by atoms with Crippen molar-refractivity contribution in [2.45, 2.75) is 25.0 Å². The molecule has 32 heavy (non-hydrogen) atoms. The Morgan fingerprint density at radius 3 is 2.91 bits per heavy atom. The lowest BCUT2D eigenvalue weighted by Crippen LogP contribution is -2.24. The maximum Gasteiger partial charge on any atom is 0.333 e. The molecule has 0 spiro atoms. The monoisotopic (exact) mass is 457 g/mol. The molecular weight excluding hydrogens is 434 g/mol. The summed E-state index contributed by atoms with van der Waals surface area (Å²) in [6.07, 6.45) is 3.76. The zero-order valence-corrected chi connectivity index (χ0v) is 18.1. The molecule has 3 atom stereocenters. The smallest absolute Gasteiger partial charge is 0.333 e. The van der Waals surface area contributed by atoms with Crippen molar-refractivity contribution in [1.82, 2.24) is 19.5 Å². The van der Waals surface area contributed by atoms with Gasteiger partial charge >= 0.3 is 10.3 Å². The molecule has 1 fully saturated rings. The van der Waals surface area contributed by atoms with Crippen LogP contribution in [0, 0.1) is 5.92 Å². The third kappa shape index (κ3) is 3.73. The Balaban J connectivity index is 1.48. The topological polar surface area (TPSA) is 145 Å². The number of hydrogen-bond acceptors (Lipinski definition) is 7. The zero-order valence-electron chi connectivity index (χ0n) is 17.3. The molecule has 1 saturated carbocycles. The van der Waals surface area contributed by atoms with E-state index < -0.39 is 16.4 Å². The minimum absolute atomic E-state index is 0.0536. The number of benzene rings is 1. The van der Waals surface area contributed by atoms with E-state index in [9.17, 15) is 13.5 Å². The van der Waals surface area contributed by atoms with Crippen molar-refractivity contribution in [3.05, 3.63) is 42.9 Å². The number of aliphatic hydroxyl groups is 1. The number of rotatable bonds is 6. The van der Waals surface area contributed by atoms with E-state index in [0.29, 0.717) is 12.8 Å². The number of aromatic amines is 1. The van der Waals surface area contributed by atoms with Crippen LogP contribution in [-0.4, -0.2) is 52.9 Å². The van der Waals surface area contributed by atoms with E-state index in [1.54, 1.807) is 7.11 Å². The Morgan fingerprint density at radius 1 is 1.28 bits per heavy atom. The molecule has 1 aliphatic carbocycles. The first kappa shape index (κ1) is 20.9. The molecule has 10 nitrogen and oxygen atoms in total. The second-order valence-corrected chi connectivity index (χ2v) is 9.24. The number of hydrogen-bond donors (Lipinski definition) is 3. The van der Waals surface area contributed by atoms with E-state index >= 15 is 0 Å². The molecule has 3 heterocycles. The van der Waals surface area contributed by atoms with Crippen LogP contribution >= 0.6 is 0 Å². The molecule has 1 aliphatic rings. The standard InChI is InChI=1S/C21H23N5O5S/c1-30-18-4-2-3-12-8-16(25-19(12)18)20-15-5-6-26(21(15)24-11-23-20)14-7-13(17(27)9-14)10-31-32(22,28)29/h2-6,8,11,13-14,17,25,27H,7,9-10H2,1H3,(H2,22,28,29)/t13-,14+,17-/m0/s1. The Morgan fingerprint density at radius 2 is 2.12 bits per heavy atom. The zero-order chi connectivity index (χ0) is 22.5. The van der Waals surface area contributed by atoms with Crippen LogP contribution in [-0.2, 0) is 14.5 Å². The average molecular weight is 458 g/mol. The summed E-state index contributed by atoms with van der Waals surface area (Å²) < 4.78 is 34.4. The predicted octanol–water partition coefficient (Wildman–Crippen LogP) is 2.12. The van der Waals surface area contributed by atoms with E-state index in [0.717, 1.165) is 39.1 Å². The molecule has 0 aliphatic heterocycles. The van der Waals surface area contributed by atoms with Crippen LogP contribution in [0.3, 0.4) is 0 Å². The Kier molecular flexibility index (Phi) is 5.13. The number of nitrogens with zero attached hydrogens (tertiary/aromatic N) is 3. The lowest BCUT2D eigenvalue weighted by Gasteiger charge is -2.14. The molecule has 5 rings (SSSR count). The van der Waals surface area contributed by atoms with Crippen LogP contribution in [0.2, 0.25) is 0 Å². The van der Waals surface area contributed by atoms with Gasteiger partial charge in [-0.25, -0.2) is 15.1 Å². The van der Waals surface area contributed by atoms with Crippen molar-refractivity contribution >= 4 is 32.2 Å². The molecular formula is C21H23N5O5S. The molecule has 0 radical (unpaired) electrons. The fourth-order valence-electron chi connectivity index (χ4n) is 4.57. The number of ether oxygens (including phenoxy) is 1. The maximum atomic E-state index is 11.1. The molecule has 4 N–H and O–H groups in total. The van der Waals surface area contributed by atoms with Crippen LogP contribution in [0.5, 0.6) is 5.75 Å². The molecule has 11 heteroatoms. The number of aliphatic hydroxyl groups excluding tert-OH is 1. The summed E-state index contributed by atoms with van der Waals surface area (Å²) in [6, 6.07) is 9.76. The summed E-state index contributed by atoms with van der Waals surface area (Å²) >= 11 is 0. The van der Waals surface area contributed by atoms with E-state index in [4.69, 9.17) is 14.1 Å². The Labute approximate surface area is 184 Å². The molecule has 0 amide bonds. The molecule has 4 aromatic rings. The van der Waals surface area contributed by atoms with Gasteiger partial charge in [-0.2, -0.15) is 8.42 Å². The first-order valence-corrected chi connectivity index (χ1v) is 11.6. The summed E-state index contributed by atoms with van der Waals surface area (Å²) in [4.78, 5) is 12.4. The van der Waals surface area contributed by atoms with Gasteiger partial charge in [-0.3, -0.25) is 4.18 Å². The lowest BCUT2D eigenvalue weighted by molar-refractivity contribution is 0.100. The van der Waals surface area contributed by atoms with Gasteiger partial charge in [0.2, 0.25) is 0 Å². The fourth-order valence-corrected chi connectivity index (χ4v) is 4.93. The highest BCUT2D eigenvalue weighted by Crippen LogP contribution is 2.38. The number of methoxy groups -OCH3 is 1. The number of nitrogens with one attached hydrogen (secondary N) is 1. The molecule has 0 bridgehead atoms.